The summed E-state index contributed by atoms with van der Waals surface area (Å²) in [7, 11) is 1.59. The van der Waals surface area contributed by atoms with E-state index < -0.39 is 0 Å². The number of benzene rings is 1. The summed E-state index contributed by atoms with van der Waals surface area (Å²) in [4.78, 5) is 12.4. The van der Waals surface area contributed by atoms with Crippen LogP contribution in [0.3, 0.4) is 0 Å². The van der Waals surface area contributed by atoms with E-state index in [9.17, 15) is 4.79 Å². The molecule has 0 amide bonds. The smallest absolute Gasteiger partial charge is 0.197 e. The first-order valence-electron chi connectivity index (χ1n) is 5.89. The van der Waals surface area contributed by atoms with Crippen LogP contribution in [0.4, 0.5) is 0 Å². The molecule has 2 aromatic rings. The van der Waals surface area contributed by atoms with Gasteiger partial charge in [-0.1, -0.05) is 25.1 Å². The molecule has 0 radical (unpaired) electrons. The number of methoxy groups -OCH3 is 1. The summed E-state index contributed by atoms with van der Waals surface area (Å²) < 4.78 is 10.9. The van der Waals surface area contributed by atoms with Gasteiger partial charge in [0.2, 0.25) is 0 Å². The van der Waals surface area contributed by atoms with Crippen molar-refractivity contribution < 1.29 is 9.15 Å². The van der Waals surface area contributed by atoms with Gasteiger partial charge in [-0.3, -0.25) is 4.79 Å². The van der Waals surface area contributed by atoms with Gasteiger partial charge in [-0.25, -0.2) is 0 Å². The summed E-state index contributed by atoms with van der Waals surface area (Å²) in [5.41, 5.74) is 1.44. The fourth-order valence-electron chi connectivity index (χ4n) is 1.95. The Kier molecular flexibility index (Phi) is 3.97. The molecule has 96 valence electrons. The molecule has 0 saturated carbocycles. The predicted molar refractivity (Wildman–Crippen MR) is 74.8 cm³/mol. The van der Waals surface area contributed by atoms with Gasteiger partial charge in [0, 0.05) is 5.56 Å². The molecule has 1 aromatic heterocycles. The van der Waals surface area contributed by atoms with Crippen LogP contribution in [-0.2, 0) is 6.42 Å². The maximum Gasteiger partial charge on any atom is 0.197 e. The lowest BCUT2D eigenvalue weighted by Crippen LogP contribution is -2.10. The highest BCUT2D eigenvalue weighted by Gasteiger charge is 2.13. The van der Waals surface area contributed by atoms with E-state index in [0.29, 0.717) is 16.7 Å². The second-order valence-corrected chi connectivity index (χ2v) is 4.79. The van der Waals surface area contributed by atoms with E-state index in [1.807, 2.05) is 6.26 Å². The van der Waals surface area contributed by atoms with Crippen LogP contribution in [0.5, 0.6) is 5.75 Å². The molecule has 0 spiro atoms. The Labute approximate surface area is 110 Å². The van der Waals surface area contributed by atoms with E-state index >= 15 is 0 Å². The maximum atomic E-state index is 12.4. The molecular formula is C14H16O3S. The Hall–Kier alpha value is -1.42. The van der Waals surface area contributed by atoms with Gasteiger partial charge in [0.05, 0.1) is 12.5 Å². The van der Waals surface area contributed by atoms with Crippen LogP contribution in [0.15, 0.2) is 32.5 Å². The highest BCUT2D eigenvalue weighted by molar-refractivity contribution is 7.98. The van der Waals surface area contributed by atoms with Crippen LogP contribution in [0.2, 0.25) is 0 Å². The predicted octanol–water partition coefficient (Wildman–Crippen LogP) is 3.48. The first-order chi connectivity index (χ1) is 8.71. The zero-order valence-corrected chi connectivity index (χ0v) is 11.6. The first kappa shape index (κ1) is 13.0. The van der Waals surface area contributed by atoms with Crippen LogP contribution < -0.4 is 10.2 Å². The molecular weight excluding hydrogens is 248 g/mol. The maximum absolute atomic E-state index is 12.4. The molecule has 0 aliphatic heterocycles. The normalized spacial score (nSPS) is 10.8. The van der Waals surface area contributed by atoms with Crippen molar-refractivity contribution in [3.63, 3.8) is 0 Å². The zero-order valence-electron chi connectivity index (χ0n) is 10.8. The van der Waals surface area contributed by atoms with Crippen LogP contribution in [-0.4, -0.2) is 13.4 Å². The van der Waals surface area contributed by atoms with Gasteiger partial charge in [0.1, 0.15) is 11.3 Å². The Morgan fingerprint density at radius 3 is 2.78 bits per heavy atom. The Balaban J connectivity index is 2.75. The van der Waals surface area contributed by atoms with Crippen LogP contribution in [0, 0.1) is 0 Å². The monoisotopic (exact) mass is 264 g/mol. The van der Waals surface area contributed by atoms with Gasteiger partial charge >= 0.3 is 0 Å². The number of rotatable bonds is 4. The van der Waals surface area contributed by atoms with Crippen molar-refractivity contribution in [3.8, 4) is 5.75 Å². The fourth-order valence-corrected chi connectivity index (χ4v) is 2.56. The Bertz CT molecular complexity index is 616. The molecule has 2 rings (SSSR count). The van der Waals surface area contributed by atoms with Gasteiger partial charge in [-0.15, -0.1) is 0 Å². The number of fused-ring (bicyclic) bond motifs is 1. The molecule has 0 N–H and O–H groups in total. The van der Waals surface area contributed by atoms with Crippen LogP contribution >= 0.6 is 11.8 Å². The molecule has 1 heterocycles. The quantitative estimate of drug-likeness (QED) is 0.793. The highest BCUT2D eigenvalue weighted by atomic mass is 32.2. The van der Waals surface area contributed by atoms with Crippen molar-refractivity contribution >= 4 is 22.7 Å². The molecule has 0 aliphatic carbocycles. The van der Waals surface area contributed by atoms with Crippen molar-refractivity contribution in [3.05, 3.63) is 34.0 Å². The molecule has 4 heteroatoms. The summed E-state index contributed by atoms with van der Waals surface area (Å²) in [5, 5.41) is 1.31. The Morgan fingerprint density at radius 2 is 2.17 bits per heavy atom. The molecule has 0 fully saturated rings. The zero-order chi connectivity index (χ0) is 13.1. The van der Waals surface area contributed by atoms with Gasteiger partial charge in [0.25, 0.3) is 0 Å². The number of thioether (sulfide) groups is 1. The standard InChI is InChI=1S/C14H16O3S/c1-4-5-10-13(15)11-8-9(16-2)6-7-12(11)17-14(10)18-3/h6-8H,4-5H2,1-3H3. The van der Waals surface area contributed by atoms with E-state index in [0.717, 1.165) is 23.5 Å². The summed E-state index contributed by atoms with van der Waals surface area (Å²) in [6.07, 6.45) is 3.59. The minimum Gasteiger partial charge on any atom is -0.497 e. The average Bonchev–Trinajstić information content (AvgIpc) is 2.41. The van der Waals surface area contributed by atoms with E-state index in [1.54, 1.807) is 25.3 Å². The summed E-state index contributed by atoms with van der Waals surface area (Å²) in [6, 6.07) is 5.32. The first-order valence-corrected chi connectivity index (χ1v) is 7.11. The van der Waals surface area contributed by atoms with Crippen molar-refractivity contribution in [1.29, 1.82) is 0 Å². The van der Waals surface area contributed by atoms with E-state index in [2.05, 4.69) is 6.92 Å². The van der Waals surface area contributed by atoms with Gasteiger partial charge in [-0.2, -0.15) is 0 Å². The molecule has 0 saturated heterocycles. The topological polar surface area (TPSA) is 39.4 Å². The van der Waals surface area contributed by atoms with E-state index in [-0.39, 0.29) is 5.43 Å². The summed E-state index contributed by atoms with van der Waals surface area (Å²) in [6.45, 7) is 2.05. The average molecular weight is 264 g/mol. The molecule has 3 nitrogen and oxygen atoms in total. The highest BCUT2D eigenvalue weighted by Crippen LogP contribution is 2.26. The van der Waals surface area contributed by atoms with Crippen molar-refractivity contribution in [1.82, 2.24) is 0 Å². The number of hydrogen-bond acceptors (Lipinski definition) is 4. The molecule has 1 aromatic carbocycles. The third-order valence-electron chi connectivity index (χ3n) is 2.84. The lowest BCUT2D eigenvalue weighted by atomic mass is 10.1. The number of hydrogen-bond donors (Lipinski definition) is 0. The Morgan fingerprint density at radius 1 is 1.39 bits per heavy atom. The third kappa shape index (κ3) is 2.25. The number of ether oxygens (including phenoxy) is 1. The summed E-state index contributed by atoms with van der Waals surface area (Å²) in [5.74, 6) is 0.675. The van der Waals surface area contributed by atoms with Gasteiger partial charge < -0.3 is 9.15 Å². The van der Waals surface area contributed by atoms with Gasteiger partial charge in [0.15, 0.2) is 10.5 Å². The molecule has 0 bridgehead atoms. The largest absolute Gasteiger partial charge is 0.497 e. The second kappa shape index (κ2) is 5.48. The van der Waals surface area contributed by atoms with Gasteiger partial charge in [-0.05, 0) is 30.9 Å². The minimum atomic E-state index is 0.0568. The van der Waals surface area contributed by atoms with E-state index in [1.165, 1.54) is 11.8 Å². The van der Waals surface area contributed by atoms with Crippen molar-refractivity contribution in [2.75, 3.05) is 13.4 Å². The lowest BCUT2D eigenvalue weighted by molar-refractivity contribution is 0.414. The third-order valence-corrected chi connectivity index (χ3v) is 3.54. The molecule has 0 atom stereocenters. The lowest BCUT2D eigenvalue weighted by Gasteiger charge is -2.08. The van der Waals surface area contributed by atoms with Crippen LogP contribution in [0.25, 0.3) is 11.0 Å². The molecule has 18 heavy (non-hydrogen) atoms. The fraction of sp³-hybridized carbons (Fsp3) is 0.357. The minimum absolute atomic E-state index is 0.0568. The summed E-state index contributed by atoms with van der Waals surface area (Å²) >= 11 is 1.48. The van der Waals surface area contributed by atoms with Crippen molar-refractivity contribution in [2.45, 2.75) is 24.9 Å². The second-order valence-electron chi connectivity index (χ2n) is 4.01. The molecule has 0 unspecified atom stereocenters. The van der Waals surface area contributed by atoms with E-state index in [4.69, 9.17) is 9.15 Å². The molecule has 0 aliphatic rings. The van der Waals surface area contributed by atoms with Crippen molar-refractivity contribution in [2.24, 2.45) is 0 Å². The van der Waals surface area contributed by atoms with Crippen LogP contribution in [0.1, 0.15) is 18.9 Å². The SMILES string of the molecule is CCCc1c(SC)oc2ccc(OC)cc2c1=O.